The lowest BCUT2D eigenvalue weighted by atomic mass is 10.1. The number of hydrogen-bond acceptors (Lipinski definition) is 4. The summed E-state index contributed by atoms with van der Waals surface area (Å²) in [4.78, 5) is 12.0. The summed E-state index contributed by atoms with van der Waals surface area (Å²) in [6.45, 7) is 0.254. The number of ether oxygens (including phenoxy) is 2. The zero-order valence-electron chi connectivity index (χ0n) is 13.3. The van der Waals surface area contributed by atoms with Gasteiger partial charge in [0.15, 0.2) is 0 Å². The molecule has 2 aromatic rings. The van der Waals surface area contributed by atoms with Crippen molar-refractivity contribution in [1.82, 2.24) is 5.32 Å². The minimum absolute atomic E-state index is 0.106. The number of alkyl halides is 3. The van der Waals surface area contributed by atoms with Gasteiger partial charge in [-0.3, -0.25) is 4.79 Å². The first-order chi connectivity index (χ1) is 11.8. The number of carbonyl (C=O) groups is 1. The monoisotopic (exact) mass is 355 g/mol. The molecule has 8 heteroatoms. The highest BCUT2D eigenvalue weighted by molar-refractivity contribution is 5.97. The van der Waals surface area contributed by atoms with E-state index in [0.29, 0.717) is 12.2 Å². The number of nitrogens with one attached hydrogen (secondary N) is 1. The molecule has 2 rings (SSSR count). The van der Waals surface area contributed by atoms with Crippen molar-refractivity contribution in [2.45, 2.75) is 12.8 Å². The van der Waals surface area contributed by atoms with Crippen LogP contribution in [0, 0.1) is 0 Å². The summed E-state index contributed by atoms with van der Waals surface area (Å²) in [7, 11) is 1.44. The molecule has 25 heavy (non-hydrogen) atoms. The van der Waals surface area contributed by atoms with Gasteiger partial charge in [-0.15, -0.1) is 13.2 Å². The van der Waals surface area contributed by atoms with Crippen molar-refractivity contribution in [2.24, 2.45) is 0 Å². The molecule has 5 nitrogen and oxygen atoms in total. The van der Waals surface area contributed by atoms with Gasteiger partial charge in [0.05, 0.1) is 12.7 Å². The number of methoxy groups -OCH3 is 1. The molecule has 0 heterocycles. The molecule has 0 saturated carbocycles. The standard InChI is InChI=1S/C17H16F3NO4/c1-24-13-6-7-14(15(22)10-13)16(23)21-9-8-11-2-4-12(5-3-11)25-17(18,19)20/h2-7,10,22H,8-9H2,1H3,(H,21,23). The van der Waals surface area contributed by atoms with Crippen LogP contribution >= 0.6 is 0 Å². The Morgan fingerprint density at radius 1 is 1.12 bits per heavy atom. The number of halogens is 3. The van der Waals surface area contributed by atoms with Crippen LogP contribution in [-0.4, -0.2) is 31.0 Å². The number of benzene rings is 2. The van der Waals surface area contributed by atoms with E-state index in [4.69, 9.17) is 4.74 Å². The molecule has 2 N–H and O–H groups in total. The lowest BCUT2D eigenvalue weighted by Crippen LogP contribution is -2.25. The average molecular weight is 355 g/mol. The number of rotatable bonds is 6. The van der Waals surface area contributed by atoms with E-state index in [2.05, 4.69) is 10.1 Å². The molecule has 134 valence electrons. The molecule has 0 fully saturated rings. The molecule has 0 spiro atoms. The van der Waals surface area contributed by atoms with E-state index in [1.165, 1.54) is 43.5 Å². The van der Waals surface area contributed by atoms with Gasteiger partial charge in [0.2, 0.25) is 0 Å². The molecule has 0 radical (unpaired) electrons. The van der Waals surface area contributed by atoms with Crippen molar-refractivity contribution in [2.75, 3.05) is 13.7 Å². The maximum atomic E-state index is 12.1. The van der Waals surface area contributed by atoms with Crippen LogP contribution in [-0.2, 0) is 6.42 Å². The maximum Gasteiger partial charge on any atom is 0.573 e. The maximum absolute atomic E-state index is 12.1. The summed E-state index contributed by atoms with van der Waals surface area (Å²) in [6, 6.07) is 9.70. The second-order valence-corrected chi connectivity index (χ2v) is 5.08. The second kappa shape index (κ2) is 7.78. The number of hydrogen-bond donors (Lipinski definition) is 2. The van der Waals surface area contributed by atoms with Crippen molar-refractivity contribution in [3.05, 3.63) is 53.6 Å². The summed E-state index contributed by atoms with van der Waals surface area (Å²) in [5.41, 5.74) is 0.837. The summed E-state index contributed by atoms with van der Waals surface area (Å²) >= 11 is 0. The van der Waals surface area contributed by atoms with Crippen LogP contribution in [0.5, 0.6) is 17.2 Å². The molecule has 0 aliphatic rings. The van der Waals surface area contributed by atoms with Crippen LogP contribution in [0.3, 0.4) is 0 Å². The molecule has 0 aliphatic carbocycles. The number of aromatic hydroxyl groups is 1. The van der Waals surface area contributed by atoms with Crippen LogP contribution in [0.15, 0.2) is 42.5 Å². The first-order valence-electron chi connectivity index (χ1n) is 7.28. The SMILES string of the molecule is COc1ccc(C(=O)NCCc2ccc(OC(F)(F)F)cc2)c(O)c1. The summed E-state index contributed by atoms with van der Waals surface area (Å²) in [5, 5.41) is 12.4. The van der Waals surface area contributed by atoms with Gasteiger partial charge in [-0.05, 0) is 36.2 Å². The van der Waals surface area contributed by atoms with Gasteiger partial charge >= 0.3 is 6.36 Å². The molecule has 0 bridgehead atoms. The lowest BCUT2D eigenvalue weighted by molar-refractivity contribution is -0.274. The van der Waals surface area contributed by atoms with Crippen LogP contribution < -0.4 is 14.8 Å². The minimum Gasteiger partial charge on any atom is -0.507 e. The summed E-state index contributed by atoms with van der Waals surface area (Å²) < 4.78 is 44.9. The highest BCUT2D eigenvalue weighted by Crippen LogP contribution is 2.24. The Morgan fingerprint density at radius 3 is 2.32 bits per heavy atom. The van der Waals surface area contributed by atoms with Gasteiger partial charge in [-0.2, -0.15) is 0 Å². The number of carbonyl (C=O) groups excluding carboxylic acids is 1. The third kappa shape index (κ3) is 5.59. The smallest absolute Gasteiger partial charge is 0.507 e. The van der Waals surface area contributed by atoms with Crippen molar-refractivity contribution < 1.29 is 32.5 Å². The largest absolute Gasteiger partial charge is 0.573 e. The molecule has 0 aliphatic heterocycles. The highest BCUT2D eigenvalue weighted by atomic mass is 19.4. The van der Waals surface area contributed by atoms with Gasteiger partial charge < -0.3 is 19.9 Å². The van der Waals surface area contributed by atoms with Crippen molar-refractivity contribution in [3.63, 3.8) is 0 Å². The third-order valence-electron chi connectivity index (χ3n) is 3.31. The van der Waals surface area contributed by atoms with Crippen molar-refractivity contribution >= 4 is 5.91 Å². The van der Waals surface area contributed by atoms with Crippen LogP contribution in [0.25, 0.3) is 0 Å². The molecular weight excluding hydrogens is 339 g/mol. The Kier molecular flexibility index (Phi) is 5.74. The van der Waals surface area contributed by atoms with Gasteiger partial charge in [0.1, 0.15) is 17.2 Å². The molecule has 0 saturated heterocycles. The molecule has 0 unspecified atom stereocenters. The Bertz CT molecular complexity index is 730. The zero-order valence-corrected chi connectivity index (χ0v) is 13.3. The van der Waals surface area contributed by atoms with Crippen LogP contribution in [0.1, 0.15) is 15.9 Å². The average Bonchev–Trinajstić information content (AvgIpc) is 2.54. The third-order valence-corrected chi connectivity index (χ3v) is 3.31. The molecular formula is C17H16F3NO4. The van der Waals surface area contributed by atoms with E-state index < -0.39 is 12.3 Å². The van der Waals surface area contributed by atoms with E-state index in [9.17, 15) is 23.1 Å². The van der Waals surface area contributed by atoms with Crippen molar-refractivity contribution in [1.29, 1.82) is 0 Å². The fraction of sp³-hybridized carbons (Fsp3) is 0.235. The Labute approximate surface area is 142 Å². The number of amides is 1. The first-order valence-corrected chi connectivity index (χ1v) is 7.28. The van der Waals surface area contributed by atoms with Gasteiger partial charge in [0, 0.05) is 12.6 Å². The summed E-state index contributed by atoms with van der Waals surface area (Å²) in [5.74, 6) is -0.540. The van der Waals surface area contributed by atoms with E-state index in [-0.39, 0.29) is 23.6 Å². The Morgan fingerprint density at radius 2 is 1.76 bits per heavy atom. The minimum atomic E-state index is -4.73. The van der Waals surface area contributed by atoms with E-state index in [0.717, 1.165) is 5.56 Å². The van der Waals surface area contributed by atoms with Gasteiger partial charge in [-0.25, -0.2) is 0 Å². The normalized spacial score (nSPS) is 11.0. The van der Waals surface area contributed by atoms with Crippen LogP contribution in [0.2, 0.25) is 0 Å². The molecule has 0 aromatic heterocycles. The van der Waals surface area contributed by atoms with Crippen molar-refractivity contribution in [3.8, 4) is 17.2 Å². The quantitative estimate of drug-likeness (QED) is 0.835. The fourth-order valence-corrected chi connectivity index (χ4v) is 2.10. The summed E-state index contributed by atoms with van der Waals surface area (Å²) in [6.07, 6.45) is -4.31. The van der Waals surface area contributed by atoms with Gasteiger partial charge in [-0.1, -0.05) is 12.1 Å². The van der Waals surface area contributed by atoms with E-state index in [1.54, 1.807) is 6.07 Å². The van der Waals surface area contributed by atoms with Crippen LogP contribution in [0.4, 0.5) is 13.2 Å². The molecule has 1 amide bonds. The fourth-order valence-electron chi connectivity index (χ4n) is 2.10. The number of phenolic OH excluding ortho intramolecular Hbond substituents is 1. The number of phenols is 1. The lowest BCUT2D eigenvalue weighted by Gasteiger charge is -2.10. The topological polar surface area (TPSA) is 67.8 Å². The van der Waals surface area contributed by atoms with E-state index >= 15 is 0 Å². The predicted octanol–water partition coefficient (Wildman–Crippen LogP) is 3.27. The predicted molar refractivity (Wildman–Crippen MR) is 83.8 cm³/mol. The van der Waals surface area contributed by atoms with Gasteiger partial charge in [0.25, 0.3) is 5.91 Å². The zero-order chi connectivity index (χ0) is 18.4. The van der Waals surface area contributed by atoms with E-state index in [1.807, 2.05) is 0 Å². The second-order valence-electron chi connectivity index (χ2n) is 5.08. The molecule has 0 atom stereocenters. The Balaban J connectivity index is 1.87. The first kappa shape index (κ1) is 18.4. The Hall–Kier alpha value is -2.90. The highest BCUT2D eigenvalue weighted by Gasteiger charge is 2.30. The molecule has 2 aromatic carbocycles.